The van der Waals surface area contributed by atoms with Crippen molar-refractivity contribution in [1.29, 1.82) is 0 Å². The molecule has 0 aromatic carbocycles. The SMILES string of the molecule is C=C(C#CCOC(C)COC)/C=C\C(=C/N)OC1CC(OC)C1.CC.CC.CC.CCO/C=C/N. The highest BCUT2D eigenvalue weighted by Gasteiger charge is 2.30. The summed E-state index contributed by atoms with van der Waals surface area (Å²) in [5.74, 6) is 6.43. The molecule has 0 heterocycles. The molecule has 0 amide bonds. The second kappa shape index (κ2) is 33.8. The summed E-state index contributed by atoms with van der Waals surface area (Å²) in [5, 5.41) is 0. The number of ether oxygens (including phenoxy) is 5. The van der Waals surface area contributed by atoms with Gasteiger partial charge in [-0.25, -0.2) is 0 Å². The third-order valence-corrected chi connectivity index (χ3v) is 3.73. The van der Waals surface area contributed by atoms with Crippen molar-refractivity contribution in [2.75, 3.05) is 34.0 Å². The summed E-state index contributed by atoms with van der Waals surface area (Å²) in [5.41, 5.74) is 11.1. The number of allylic oxidation sites excluding steroid dienone is 3. The minimum atomic E-state index is 0.0247. The molecule has 1 aliphatic carbocycles. The van der Waals surface area contributed by atoms with E-state index in [1.165, 1.54) is 18.7 Å². The van der Waals surface area contributed by atoms with Crippen molar-refractivity contribution in [3.63, 3.8) is 0 Å². The number of methoxy groups -OCH3 is 2. The Morgan fingerprint density at radius 3 is 2.06 bits per heavy atom. The van der Waals surface area contributed by atoms with Crippen LogP contribution in [0, 0.1) is 11.8 Å². The molecule has 1 fully saturated rings. The van der Waals surface area contributed by atoms with Crippen molar-refractivity contribution in [3.8, 4) is 11.8 Å². The van der Waals surface area contributed by atoms with Gasteiger partial charge in [0.1, 0.15) is 18.5 Å². The third kappa shape index (κ3) is 27.7. The van der Waals surface area contributed by atoms with Gasteiger partial charge < -0.3 is 35.2 Å². The molecular weight excluding hydrogens is 444 g/mol. The van der Waals surface area contributed by atoms with Crippen molar-refractivity contribution >= 4 is 0 Å². The summed E-state index contributed by atoms with van der Waals surface area (Å²) >= 11 is 0. The van der Waals surface area contributed by atoms with Crippen LogP contribution in [0.3, 0.4) is 0 Å². The molecule has 0 bridgehead atoms. The molecule has 0 aliphatic heterocycles. The fourth-order valence-electron chi connectivity index (χ4n) is 2.13. The fourth-order valence-corrected chi connectivity index (χ4v) is 2.13. The van der Waals surface area contributed by atoms with Crippen LogP contribution >= 0.6 is 0 Å². The minimum absolute atomic E-state index is 0.0247. The molecule has 1 unspecified atom stereocenters. The summed E-state index contributed by atoms with van der Waals surface area (Å²) in [6.45, 7) is 21.3. The first-order chi connectivity index (χ1) is 17.0. The molecule has 0 aromatic heterocycles. The monoisotopic (exact) mass is 498 g/mol. The van der Waals surface area contributed by atoms with Gasteiger partial charge in [-0.15, -0.1) is 0 Å². The number of nitrogens with two attached hydrogens (primary N) is 2. The number of hydrogen-bond acceptors (Lipinski definition) is 7. The van der Waals surface area contributed by atoms with E-state index in [4.69, 9.17) is 30.4 Å². The quantitative estimate of drug-likeness (QED) is 0.215. The highest BCUT2D eigenvalue weighted by molar-refractivity contribution is 5.37. The van der Waals surface area contributed by atoms with E-state index in [1.54, 1.807) is 26.4 Å². The van der Waals surface area contributed by atoms with Crippen molar-refractivity contribution in [2.45, 2.75) is 86.5 Å². The third-order valence-electron chi connectivity index (χ3n) is 3.73. The number of hydrogen-bond donors (Lipinski definition) is 2. The molecule has 35 heavy (non-hydrogen) atoms. The van der Waals surface area contributed by atoms with E-state index in [0.717, 1.165) is 12.8 Å². The molecule has 0 radical (unpaired) electrons. The maximum Gasteiger partial charge on any atom is 0.135 e. The second-order valence-corrected chi connectivity index (χ2v) is 6.16. The van der Waals surface area contributed by atoms with Crippen LogP contribution in [0.15, 0.2) is 48.7 Å². The predicted molar refractivity (Wildman–Crippen MR) is 150 cm³/mol. The maximum atomic E-state index is 5.74. The van der Waals surface area contributed by atoms with E-state index in [1.807, 2.05) is 55.4 Å². The zero-order valence-electron chi connectivity index (χ0n) is 24.1. The van der Waals surface area contributed by atoms with E-state index in [-0.39, 0.29) is 12.2 Å². The summed E-state index contributed by atoms with van der Waals surface area (Å²) in [7, 11) is 3.35. The van der Waals surface area contributed by atoms with Gasteiger partial charge in [-0.3, -0.25) is 0 Å². The molecule has 0 saturated heterocycles. The van der Waals surface area contributed by atoms with Gasteiger partial charge in [0.2, 0.25) is 0 Å². The zero-order chi connectivity index (χ0) is 27.9. The van der Waals surface area contributed by atoms with Gasteiger partial charge in [0.25, 0.3) is 0 Å². The van der Waals surface area contributed by atoms with Crippen molar-refractivity contribution in [3.05, 3.63) is 48.7 Å². The van der Waals surface area contributed by atoms with Crippen LogP contribution in [0.5, 0.6) is 0 Å². The lowest BCUT2D eigenvalue weighted by molar-refractivity contribution is -0.0617. The van der Waals surface area contributed by atoms with Gasteiger partial charge in [-0.1, -0.05) is 60.0 Å². The molecule has 1 atom stereocenters. The maximum absolute atomic E-state index is 5.74. The Hall–Kier alpha value is -2.40. The molecular formula is C28H54N2O5. The topological polar surface area (TPSA) is 98.2 Å². The summed E-state index contributed by atoms with van der Waals surface area (Å²) < 4.78 is 26.1. The first-order valence-corrected chi connectivity index (χ1v) is 12.6. The largest absolute Gasteiger partial charge is 0.500 e. The van der Waals surface area contributed by atoms with Crippen LogP contribution in [0.4, 0.5) is 0 Å². The van der Waals surface area contributed by atoms with Gasteiger partial charge in [-0.05, 0) is 26.0 Å². The average molecular weight is 499 g/mol. The Labute approximate surface area is 216 Å². The van der Waals surface area contributed by atoms with Crippen LogP contribution in [-0.4, -0.2) is 52.4 Å². The predicted octanol–water partition coefficient (Wildman–Crippen LogP) is 5.68. The van der Waals surface area contributed by atoms with Crippen LogP contribution < -0.4 is 11.5 Å². The van der Waals surface area contributed by atoms with E-state index >= 15 is 0 Å². The van der Waals surface area contributed by atoms with Crippen LogP contribution in [0.1, 0.15) is 68.2 Å². The molecule has 1 saturated carbocycles. The van der Waals surface area contributed by atoms with Gasteiger partial charge in [0, 0.05) is 45.0 Å². The normalized spacial score (nSPS) is 16.7. The zero-order valence-corrected chi connectivity index (χ0v) is 24.1. The van der Waals surface area contributed by atoms with Gasteiger partial charge >= 0.3 is 0 Å². The van der Waals surface area contributed by atoms with E-state index < -0.39 is 0 Å². The smallest absolute Gasteiger partial charge is 0.135 e. The number of rotatable bonds is 11. The molecule has 7 heteroatoms. The highest BCUT2D eigenvalue weighted by atomic mass is 16.5. The lowest BCUT2D eigenvalue weighted by Gasteiger charge is -2.34. The highest BCUT2D eigenvalue weighted by Crippen LogP contribution is 2.27. The molecule has 7 nitrogen and oxygen atoms in total. The van der Waals surface area contributed by atoms with Gasteiger partial charge in [0.15, 0.2) is 0 Å². The van der Waals surface area contributed by atoms with Gasteiger partial charge in [-0.2, -0.15) is 0 Å². The summed E-state index contributed by atoms with van der Waals surface area (Å²) in [6.07, 6.45) is 10.1. The Morgan fingerprint density at radius 1 is 1.03 bits per heavy atom. The van der Waals surface area contributed by atoms with E-state index in [9.17, 15) is 0 Å². The van der Waals surface area contributed by atoms with Crippen LogP contribution in [0.2, 0.25) is 0 Å². The Bertz CT molecular complexity index is 586. The standard InChI is InChI=1S/C18H27NO4.C4H9NO.3C2H6/c1-14(6-5-9-22-15(2)13-20-3)7-8-16(12-19)23-18-10-17(11-18)21-4;1-2-6-4-3-5;3*1-2/h7-8,12,15,17-18H,1,9-11,13,19H2,2-4H3;3-4H,2,5H2,1H3;3*1-2H3/b8-7-,16-12+;4-3+;;;. The fraction of sp³-hybridized carbons (Fsp3) is 0.643. The summed E-state index contributed by atoms with van der Waals surface area (Å²) in [4.78, 5) is 0. The molecule has 0 spiro atoms. The Morgan fingerprint density at radius 2 is 1.63 bits per heavy atom. The van der Waals surface area contributed by atoms with Crippen molar-refractivity contribution in [1.82, 2.24) is 0 Å². The molecule has 1 rings (SSSR count). The second-order valence-electron chi connectivity index (χ2n) is 6.16. The molecule has 4 N–H and O–H groups in total. The van der Waals surface area contributed by atoms with Crippen LogP contribution in [-0.2, 0) is 23.7 Å². The van der Waals surface area contributed by atoms with Crippen LogP contribution in [0.25, 0.3) is 0 Å². The summed E-state index contributed by atoms with van der Waals surface area (Å²) in [6, 6.07) is 0. The molecule has 0 aromatic rings. The first kappa shape index (κ1) is 39.8. The molecule has 206 valence electrons. The lowest BCUT2D eigenvalue weighted by atomic mass is 9.92. The van der Waals surface area contributed by atoms with Crippen molar-refractivity contribution < 1.29 is 23.7 Å². The lowest BCUT2D eigenvalue weighted by Crippen LogP contribution is -2.36. The van der Waals surface area contributed by atoms with E-state index in [2.05, 4.69) is 23.2 Å². The van der Waals surface area contributed by atoms with Crippen molar-refractivity contribution in [2.24, 2.45) is 11.5 Å². The average Bonchev–Trinajstić information content (AvgIpc) is 2.88. The van der Waals surface area contributed by atoms with E-state index in [0.29, 0.717) is 37.3 Å². The minimum Gasteiger partial charge on any atom is -0.500 e. The first-order valence-electron chi connectivity index (χ1n) is 12.6. The molecule has 1 aliphatic rings. The Kier molecular flexibility index (Phi) is 38.4. The Balaban J connectivity index is -0.000000338. The van der Waals surface area contributed by atoms with Gasteiger partial charge in [0.05, 0.1) is 31.7 Å².